The number of aromatic nitrogens is 1. The molecule has 19 heavy (non-hydrogen) atoms. The number of rotatable bonds is 4. The van der Waals surface area contributed by atoms with Crippen molar-refractivity contribution in [2.75, 3.05) is 11.4 Å². The summed E-state index contributed by atoms with van der Waals surface area (Å²) >= 11 is 0. The van der Waals surface area contributed by atoms with Gasteiger partial charge in [-0.25, -0.2) is 4.98 Å². The van der Waals surface area contributed by atoms with Crippen molar-refractivity contribution in [2.45, 2.75) is 51.0 Å². The zero-order valence-electron chi connectivity index (χ0n) is 11.4. The molecule has 0 atom stereocenters. The zero-order valence-corrected chi connectivity index (χ0v) is 11.4. The van der Waals surface area contributed by atoms with Gasteiger partial charge in [-0.3, -0.25) is 0 Å². The van der Waals surface area contributed by atoms with Crippen molar-refractivity contribution in [3.63, 3.8) is 0 Å². The van der Waals surface area contributed by atoms with Gasteiger partial charge in [0.05, 0.1) is 0 Å². The van der Waals surface area contributed by atoms with Crippen molar-refractivity contribution in [3.05, 3.63) is 23.9 Å². The molecule has 0 unspecified atom stereocenters. The largest absolute Gasteiger partial charge is 0.353 e. The van der Waals surface area contributed by atoms with E-state index in [9.17, 15) is 0 Å². The first kappa shape index (κ1) is 12.5. The Bertz CT molecular complexity index is 467. The van der Waals surface area contributed by atoms with Crippen molar-refractivity contribution >= 4 is 5.82 Å². The molecule has 3 nitrogen and oxygen atoms in total. The van der Waals surface area contributed by atoms with E-state index in [1.807, 2.05) is 6.07 Å². The molecule has 3 heteroatoms. The Labute approximate surface area is 115 Å². The molecular weight excluding hydrogens is 234 g/mol. The highest BCUT2D eigenvalue weighted by Gasteiger charge is 2.29. The number of nitriles is 1. The summed E-state index contributed by atoms with van der Waals surface area (Å²) in [7, 11) is 0. The molecular formula is C16H21N3. The zero-order chi connectivity index (χ0) is 13.1. The Kier molecular flexibility index (Phi) is 3.68. The van der Waals surface area contributed by atoms with Gasteiger partial charge in [-0.15, -0.1) is 0 Å². The second-order valence-electron chi connectivity index (χ2n) is 5.88. The molecule has 3 rings (SSSR count). The van der Waals surface area contributed by atoms with E-state index in [1.165, 1.54) is 44.9 Å². The average Bonchev–Trinajstić information content (AvgIpc) is 3.30. The fourth-order valence-corrected chi connectivity index (χ4v) is 3.05. The standard InChI is InChI=1S/C16H21N3/c17-11-14-5-4-8-16(18-14)19(12-13-9-10-13)15-6-2-1-3-7-15/h4-5,8,13,15H,1-3,6-7,9-10,12H2. The SMILES string of the molecule is N#Cc1cccc(N(CC2CC2)C2CCCCC2)n1. The third-order valence-corrected chi connectivity index (χ3v) is 4.31. The quantitative estimate of drug-likeness (QED) is 0.826. The summed E-state index contributed by atoms with van der Waals surface area (Å²) in [6, 6.07) is 8.61. The van der Waals surface area contributed by atoms with Crippen molar-refractivity contribution in [3.8, 4) is 6.07 Å². The fourth-order valence-electron chi connectivity index (χ4n) is 3.05. The topological polar surface area (TPSA) is 39.9 Å². The van der Waals surface area contributed by atoms with Crippen LogP contribution in [0.2, 0.25) is 0 Å². The summed E-state index contributed by atoms with van der Waals surface area (Å²) in [5, 5.41) is 9.02. The monoisotopic (exact) mass is 255 g/mol. The molecule has 1 aromatic heterocycles. The van der Waals surface area contributed by atoms with Gasteiger partial charge in [-0.1, -0.05) is 25.3 Å². The maximum absolute atomic E-state index is 9.02. The van der Waals surface area contributed by atoms with Gasteiger partial charge in [0, 0.05) is 12.6 Å². The number of anilines is 1. The minimum Gasteiger partial charge on any atom is -0.353 e. The van der Waals surface area contributed by atoms with E-state index in [-0.39, 0.29) is 0 Å². The van der Waals surface area contributed by atoms with E-state index >= 15 is 0 Å². The van der Waals surface area contributed by atoms with E-state index in [0.717, 1.165) is 18.3 Å². The number of pyridine rings is 1. The van der Waals surface area contributed by atoms with Crippen molar-refractivity contribution in [1.29, 1.82) is 5.26 Å². The normalized spacial score (nSPS) is 19.9. The van der Waals surface area contributed by atoms with Crippen LogP contribution in [0.15, 0.2) is 18.2 Å². The van der Waals surface area contributed by atoms with E-state index in [2.05, 4.69) is 22.0 Å². The molecule has 0 aromatic carbocycles. The van der Waals surface area contributed by atoms with Crippen LogP contribution in [0.25, 0.3) is 0 Å². The van der Waals surface area contributed by atoms with Crippen LogP contribution >= 0.6 is 0 Å². The molecule has 0 N–H and O–H groups in total. The Hall–Kier alpha value is -1.56. The first-order valence-corrected chi connectivity index (χ1v) is 7.50. The summed E-state index contributed by atoms with van der Waals surface area (Å²) in [4.78, 5) is 7.00. The first-order chi connectivity index (χ1) is 9.36. The van der Waals surface area contributed by atoms with E-state index in [1.54, 1.807) is 6.07 Å². The average molecular weight is 255 g/mol. The van der Waals surface area contributed by atoms with E-state index < -0.39 is 0 Å². The maximum atomic E-state index is 9.02. The molecule has 2 aliphatic carbocycles. The lowest BCUT2D eigenvalue weighted by Crippen LogP contribution is -2.39. The van der Waals surface area contributed by atoms with Crippen molar-refractivity contribution < 1.29 is 0 Å². The minimum absolute atomic E-state index is 0.536. The molecule has 2 saturated carbocycles. The molecule has 0 amide bonds. The number of nitrogens with zero attached hydrogens (tertiary/aromatic N) is 3. The summed E-state index contributed by atoms with van der Waals surface area (Å²) < 4.78 is 0. The summed E-state index contributed by atoms with van der Waals surface area (Å²) in [5.74, 6) is 1.87. The molecule has 1 aromatic rings. The van der Waals surface area contributed by atoms with Crippen LogP contribution in [0.5, 0.6) is 0 Å². The predicted molar refractivity (Wildman–Crippen MR) is 75.9 cm³/mol. The number of hydrogen-bond acceptors (Lipinski definition) is 3. The second kappa shape index (κ2) is 5.61. The molecule has 0 saturated heterocycles. The molecule has 0 aliphatic heterocycles. The summed E-state index contributed by atoms with van der Waals surface area (Å²) in [6.07, 6.45) is 9.34. The Morgan fingerprint density at radius 3 is 2.63 bits per heavy atom. The lowest BCUT2D eigenvalue weighted by molar-refractivity contribution is 0.408. The smallest absolute Gasteiger partial charge is 0.142 e. The minimum atomic E-state index is 0.536. The van der Waals surface area contributed by atoms with Crippen LogP contribution in [-0.4, -0.2) is 17.6 Å². The molecule has 0 radical (unpaired) electrons. The summed E-state index contributed by atoms with van der Waals surface area (Å²) in [5.41, 5.74) is 0.536. The van der Waals surface area contributed by atoms with Crippen LogP contribution < -0.4 is 4.90 Å². The highest BCUT2D eigenvalue weighted by Crippen LogP contribution is 2.34. The van der Waals surface area contributed by atoms with Gasteiger partial charge in [0.15, 0.2) is 0 Å². The second-order valence-corrected chi connectivity index (χ2v) is 5.88. The molecule has 1 heterocycles. The van der Waals surface area contributed by atoms with Crippen LogP contribution in [0, 0.1) is 17.2 Å². The predicted octanol–water partition coefficient (Wildman–Crippen LogP) is 3.50. The van der Waals surface area contributed by atoms with Gasteiger partial charge in [-0.05, 0) is 43.7 Å². The van der Waals surface area contributed by atoms with Gasteiger partial charge in [0.2, 0.25) is 0 Å². The molecule has 2 aliphatic rings. The van der Waals surface area contributed by atoms with Gasteiger partial charge < -0.3 is 4.90 Å². The lowest BCUT2D eigenvalue weighted by Gasteiger charge is -2.35. The van der Waals surface area contributed by atoms with E-state index in [4.69, 9.17) is 5.26 Å². The van der Waals surface area contributed by atoms with Gasteiger partial charge in [-0.2, -0.15) is 5.26 Å². The summed E-state index contributed by atoms with van der Waals surface area (Å²) in [6.45, 7) is 1.13. The Morgan fingerprint density at radius 1 is 1.16 bits per heavy atom. The van der Waals surface area contributed by atoms with Crippen molar-refractivity contribution in [2.24, 2.45) is 5.92 Å². The highest BCUT2D eigenvalue weighted by atomic mass is 15.2. The third kappa shape index (κ3) is 3.07. The van der Waals surface area contributed by atoms with Crippen molar-refractivity contribution in [1.82, 2.24) is 4.98 Å². The third-order valence-electron chi connectivity index (χ3n) is 4.31. The van der Waals surface area contributed by atoms with Gasteiger partial charge in [0.25, 0.3) is 0 Å². The molecule has 0 bridgehead atoms. The molecule has 100 valence electrons. The van der Waals surface area contributed by atoms with Crippen LogP contribution in [0.4, 0.5) is 5.82 Å². The Morgan fingerprint density at radius 2 is 1.95 bits per heavy atom. The first-order valence-electron chi connectivity index (χ1n) is 7.50. The highest BCUT2D eigenvalue weighted by molar-refractivity contribution is 5.43. The fraction of sp³-hybridized carbons (Fsp3) is 0.625. The molecule has 0 spiro atoms. The number of hydrogen-bond donors (Lipinski definition) is 0. The van der Waals surface area contributed by atoms with E-state index in [0.29, 0.717) is 11.7 Å². The van der Waals surface area contributed by atoms with Crippen LogP contribution in [0.3, 0.4) is 0 Å². The maximum Gasteiger partial charge on any atom is 0.142 e. The van der Waals surface area contributed by atoms with Gasteiger partial charge in [0.1, 0.15) is 17.6 Å². The lowest BCUT2D eigenvalue weighted by atomic mass is 9.94. The Balaban J connectivity index is 1.81. The van der Waals surface area contributed by atoms with Crippen LogP contribution in [-0.2, 0) is 0 Å². The van der Waals surface area contributed by atoms with Gasteiger partial charge >= 0.3 is 0 Å². The molecule has 2 fully saturated rings. The van der Waals surface area contributed by atoms with Crippen LogP contribution in [0.1, 0.15) is 50.6 Å².